The van der Waals surface area contributed by atoms with E-state index in [-0.39, 0.29) is 0 Å². The fraction of sp³-hybridized carbons (Fsp3) is 0.118. The summed E-state index contributed by atoms with van der Waals surface area (Å²) in [5.74, 6) is -0.820. The number of imide groups is 1. The minimum absolute atomic E-state index is 0.351. The van der Waals surface area contributed by atoms with Gasteiger partial charge < -0.3 is 10.6 Å². The highest BCUT2D eigenvalue weighted by atomic mass is 79.9. The molecule has 2 N–H and O–H groups in total. The average Bonchev–Trinajstić information content (AvgIpc) is 2.81. The van der Waals surface area contributed by atoms with Crippen molar-refractivity contribution in [2.24, 2.45) is 0 Å². The molecule has 122 valence electrons. The molecule has 6 nitrogen and oxygen atoms in total. The number of halogens is 1. The Morgan fingerprint density at radius 2 is 1.54 bits per heavy atom. The fourth-order valence-electron chi connectivity index (χ4n) is 2.51. The number of nitrogens with one attached hydrogen (secondary N) is 2. The smallest absolute Gasteiger partial charge is 0.317 e. The van der Waals surface area contributed by atoms with Crippen molar-refractivity contribution < 1.29 is 14.4 Å². The van der Waals surface area contributed by atoms with Gasteiger partial charge in [0.05, 0.1) is 11.1 Å². The molecule has 1 atom stereocenters. The molecule has 7 heteroatoms. The van der Waals surface area contributed by atoms with Crippen molar-refractivity contribution in [3.8, 4) is 0 Å². The summed E-state index contributed by atoms with van der Waals surface area (Å²) in [6.07, 6.45) is -0.771. The van der Waals surface area contributed by atoms with E-state index in [9.17, 15) is 14.4 Å². The lowest BCUT2D eigenvalue weighted by Crippen LogP contribution is -2.50. The molecular formula is C17H14BrN3O3. The second-order valence-corrected chi connectivity index (χ2v) is 6.22. The Morgan fingerprint density at radius 3 is 2.08 bits per heavy atom. The number of urea groups is 1. The van der Waals surface area contributed by atoms with E-state index in [1.54, 1.807) is 55.5 Å². The summed E-state index contributed by atoms with van der Waals surface area (Å²) < 4.78 is 0.896. The third-order valence-corrected chi connectivity index (χ3v) is 4.18. The molecule has 3 rings (SSSR count). The number of anilines is 1. The summed E-state index contributed by atoms with van der Waals surface area (Å²) in [4.78, 5) is 37.8. The zero-order valence-corrected chi connectivity index (χ0v) is 14.3. The largest absolute Gasteiger partial charge is 0.320 e. The van der Waals surface area contributed by atoms with E-state index in [1.807, 2.05) is 0 Å². The molecule has 0 bridgehead atoms. The van der Waals surface area contributed by atoms with Crippen LogP contribution in [0.1, 0.15) is 27.6 Å². The number of fused-ring (bicyclic) bond motifs is 1. The topological polar surface area (TPSA) is 78.5 Å². The summed E-state index contributed by atoms with van der Waals surface area (Å²) in [6, 6.07) is 13.2. The van der Waals surface area contributed by atoms with Crippen LogP contribution < -0.4 is 10.6 Å². The molecule has 0 saturated carbocycles. The van der Waals surface area contributed by atoms with Gasteiger partial charge >= 0.3 is 6.03 Å². The standard InChI is InChI=1S/C17H14BrN3O3/c1-10(19-17(24)20-12-8-6-11(18)7-9-12)21-15(22)13-4-2-3-5-14(13)16(21)23/h2-10H,1H3,(H2,19,20,24). The van der Waals surface area contributed by atoms with E-state index in [2.05, 4.69) is 26.6 Å². The number of nitrogens with zero attached hydrogens (tertiary/aromatic N) is 1. The van der Waals surface area contributed by atoms with Gasteiger partial charge in [0, 0.05) is 10.2 Å². The van der Waals surface area contributed by atoms with Gasteiger partial charge in [0.15, 0.2) is 0 Å². The van der Waals surface area contributed by atoms with Crippen molar-refractivity contribution in [2.45, 2.75) is 13.1 Å². The summed E-state index contributed by atoms with van der Waals surface area (Å²) in [7, 11) is 0. The summed E-state index contributed by atoms with van der Waals surface area (Å²) in [5.41, 5.74) is 1.30. The lowest BCUT2D eigenvalue weighted by atomic mass is 10.1. The number of carbonyl (C=O) groups is 3. The first-order valence-corrected chi connectivity index (χ1v) is 8.06. The lowest BCUT2D eigenvalue weighted by Gasteiger charge is -2.23. The highest BCUT2D eigenvalue weighted by Crippen LogP contribution is 2.23. The third kappa shape index (κ3) is 3.03. The normalized spacial score (nSPS) is 14.3. The van der Waals surface area contributed by atoms with Crippen molar-refractivity contribution in [3.05, 3.63) is 64.1 Å². The first-order chi connectivity index (χ1) is 11.5. The molecule has 0 spiro atoms. The third-order valence-electron chi connectivity index (χ3n) is 3.65. The number of hydrogen-bond acceptors (Lipinski definition) is 3. The second-order valence-electron chi connectivity index (χ2n) is 5.31. The van der Waals surface area contributed by atoms with Crippen LogP contribution in [0.2, 0.25) is 0 Å². The van der Waals surface area contributed by atoms with E-state index in [4.69, 9.17) is 0 Å². The quantitative estimate of drug-likeness (QED) is 0.793. The Balaban J connectivity index is 1.68. The SMILES string of the molecule is CC(NC(=O)Nc1ccc(Br)cc1)N1C(=O)c2ccccc2C1=O. The molecule has 1 aliphatic rings. The molecule has 0 radical (unpaired) electrons. The predicted molar refractivity (Wildman–Crippen MR) is 92.7 cm³/mol. The molecule has 4 amide bonds. The summed E-state index contributed by atoms with van der Waals surface area (Å²) in [5, 5.41) is 5.26. The fourth-order valence-corrected chi connectivity index (χ4v) is 2.78. The van der Waals surface area contributed by atoms with E-state index in [1.165, 1.54) is 0 Å². The number of rotatable bonds is 3. The number of amides is 4. The molecule has 1 heterocycles. The van der Waals surface area contributed by atoms with Crippen molar-refractivity contribution in [1.29, 1.82) is 0 Å². The van der Waals surface area contributed by atoms with Gasteiger partial charge in [-0.2, -0.15) is 0 Å². The number of benzene rings is 2. The molecule has 2 aromatic carbocycles. The minimum atomic E-state index is -0.771. The molecule has 0 aromatic heterocycles. The molecule has 24 heavy (non-hydrogen) atoms. The zero-order valence-electron chi connectivity index (χ0n) is 12.7. The average molecular weight is 388 g/mol. The van der Waals surface area contributed by atoms with Crippen LogP contribution in [0.4, 0.5) is 10.5 Å². The van der Waals surface area contributed by atoms with Crippen LogP contribution in [0, 0.1) is 0 Å². The maximum absolute atomic E-state index is 12.4. The van der Waals surface area contributed by atoms with Gasteiger partial charge in [-0.15, -0.1) is 0 Å². The van der Waals surface area contributed by atoms with E-state index < -0.39 is 24.0 Å². The monoisotopic (exact) mass is 387 g/mol. The maximum Gasteiger partial charge on any atom is 0.320 e. The predicted octanol–water partition coefficient (Wildman–Crippen LogP) is 3.21. The highest BCUT2D eigenvalue weighted by molar-refractivity contribution is 9.10. The molecule has 2 aromatic rings. The van der Waals surface area contributed by atoms with Gasteiger partial charge in [-0.25, -0.2) is 4.79 Å². The first-order valence-electron chi connectivity index (χ1n) is 7.27. The minimum Gasteiger partial charge on any atom is -0.317 e. The van der Waals surface area contributed by atoms with E-state index >= 15 is 0 Å². The van der Waals surface area contributed by atoms with Gasteiger partial charge in [-0.1, -0.05) is 28.1 Å². The van der Waals surface area contributed by atoms with E-state index in [0.717, 1.165) is 9.37 Å². The number of carbonyl (C=O) groups excluding carboxylic acids is 3. The molecule has 1 unspecified atom stereocenters. The molecular weight excluding hydrogens is 374 g/mol. The van der Waals surface area contributed by atoms with Gasteiger partial charge in [0.2, 0.25) is 0 Å². The van der Waals surface area contributed by atoms with Crippen LogP contribution in [-0.4, -0.2) is 28.9 Å². The van der Waals surface area contributed by atoms with Crippen LogP contribution >= 0.6 is 15.9 Å². The Bertz CT molecular complexity index is 785. The van der Waals surface area contributed by atoms with Gasteiger partial charge in [0.1, 0.15) is 6.17 Å². The van der Waals surface area contributed by atoms with Crippen molar-refractivity contribution in [2.75, 3.05) is 5.32 Å². The van der Waals surface area contributed by atoms with Crippen LogP contribution in [0.3, 0.4) is 0 Å². The Hall–Kier alpha value is -2.67. The van der Waals surface area contributed by atoms with E-state index in [0.29, 0.717) is 16.8 Å². The molecule has 1 aliphatic heterocycles. The highest BCUT2D eigenvalue weighted by Gasteiger charge is 2.38. The van der Waals surface area contributed by atoms with Crippen molar-refractivity contribution in [3.63, 3.8) is 0 Å². The summed E-state index contributed by atoms with van der Waals surface area (Å²) >= 11 is 3.31. The zero-order chi connectivity index (χ0) is 17.3. The lowest BCUT2D eigenvalue weighted by molar-refractivity contribution is 0.0581. The second kappa shape index (κ2) is 6.45. The van der Waals surface area contributed by atoms with Gasteiger partial charge in [-0.05, 0) is 43.3 Å². The maximum atomic E-state index is 12.4. The molecule has 0 saturated heterocycles. The van der Waals surface area contributed by atoms with Crippen LogP contribution in [0.15, 0.2) is 53.0 Å². The van der Waals surface area contributed by atoms with Crippen LogP contribution in [-0.2, 0) is 0 Å². The molecule has 0 fully saturated rings. The van der Waals surface area contributed by atoms with Crippen molar-refractivity contribution >= 4 is 39.5 Å². The Labute approximate surface area is 147 Å². The summed E-state index contributed by atoms with van der Waals surface area (Å²) in [6.45, 7) is 1.59. The molecule has 0 aliphatic carbocycles. The first kappa shape index (κ1) is 16.2. The van der Waals surface area contributed by atoms with Crippen LogP contribution in [0.5, 0.6) is 0 Å². The van der Waals surface area contributed by atoms with Gasteiger partial charge in [0.25, 0.3) is 11.8 Å². The Morgan fingerprint density at radius 1 is 1.00 bits per heavy atom. The van der Waals surface area contributed by atoms with Crippen LogP contribution in [0.25, 0.3) is 0 Å². The van der Waals surface area contributed by atoms with Crippen molar-refractivity contribution in [1.82, 2.24) is 10.2 Å². The Kier molecular flexibility index (Phi) is 4.35. The number of hydrogen-bond donors (Lipinski definition) is 2. The van der Waals surface area contributed by atoms with Gasteiger partial charge in [-0.3, -0.25) is 14.5 Å².